The summed E-state index contributed by atoms with van der Waals surface area (Å²) in [6, 6.07) is -0.169. The van der Waals surface area contributed by atoms with Crippen LogP contribution in [-0.4, -0.2) is 59.3 Å². The van der Waals surface area contributed by atoms with E-state index in [0.717, 1.165) is 4.34 Å². The average molecular weight is 321 g/mol. The van der Waals surface area contributed by atoms with E-state index in [1.807, 2.05) is 6.92 Å². The number of amides is 1. The van der Waals surface area contributed by atoms with Gasteiger partial charge in [-0.05, 0) is 13.3 Å². The lowest BCUT2D eigenvalue weighted by Gasteiger charge is -2.26. The first-order valence-corrected chi connectivity index (χ1v) is 9.59. The summed E-state index contributed by atoms with van der Waals surface area (Å²) in [7, 11) is -2.96. The van der Waals surface area contributed by atoms with Crippen molar-refractivity contribution in [3.8, 4) is 0 Å². The van der Waals surface area contributed by atoms with E-state index in [4.69, 9.17) is 0 Å². The van der Waals surface area contributed by atoms with Crippen molar-refractivity contribution < 1.29 is 13.2 Å². The molecule has 19 heavy (non-hydrogen) atoms. The molecule has 1 aliphatic heterocycles. The van der Waals surface area contributed by atoms with E-state index in [1.54, 1.807) is 10.4 Å². The zero-order chi connectivity index (χ0) is 13.9. The maximum absolute atomic E-state index is 12.1. The molecule has 2 heterocycles. The molecule has 0 radical (unpaired) electrons. The van der Waals surface area contributed by atoms with Crippen molar-refractivity contribution >= 4 is 38.8 Å². The molecule has 106 valence electrons. The summed E-state index contributed by atoms with van der Waals surface area (Å²) in [4.78, 5) is 13.8. The molecule has 0 aromatic carbocycles. The van der Waals surface area contributed by atoms with Crippen LogP contribution >= 0.6 is 23.1 Å². The fourth-order valence-electron chi connectivity index (χ4n) is 2.09. The Balaban J connectivity index is 1.92. The second-order valence-corrected chi connectivity index (χ2v) is 8.51. The van der Waals surface area contributed by atoms with Crippen LogP contribution in [0.15, 0.2) is 9.85 Å². The first-order valence-electron chi connectivity index (χ1n) is 5.90. The number of carbonyl (C=O) groups is 1. The number of rotatable bonds is 5. The minimum absolute atomic E-state index is 0.0372. The monoisotopic (exact) mass is 321 g/mol. The molecular weight excluding hydrogens is 306 g/mol. The van der Waals surface area contributed by atoms with Crippen molar-refractivity contribution in [2.24, 2.45) is 0 Å². The fourth-order valence-corrected chi connectivity index (χ4v) is 5.20. The third kappa shape index (κ3) is 3.90. The Morgan fingerprint density at radius 3 is 2.95 bits per heavy atom. The molecule has 1 atom stereocenters. The van der Waals surface area contributed by atoms with E-state index in [1.165, 1.54) is 23.1 Å². The average Bonchev–Trinajstić information content (AvgIpc) is 2.97. The third-order valence-corrected chi connectivity index (χ3v) is 6.56. The first-order chi connectivity index (χ1) is 9.02. The van der Waals surface area contributed by atoms with Gasteiger partial charge in [0.25, 0.3) is 0 Å². The molecule has 1 fully saturated rings. The number of nitrogens with zero attached hydrogens (tertiary/aromatic N) is 3. The van der Waals surface area contributed by atoms with E-state index in [9.17, 15) is 13.2 Å². The molecule has 1 saturated heterocycles. The van der Waals surface area contributed by atoms with Crippen LogP contribution in [-0.2, 0) is 14.6 Å². The summed E-state index contributed by atoms with van der Waals surface area (Å²) in [5, 5.41) is 7.56. The van der Waals surface area contributed by atoms with Crippen LogP contribution in [0.2, 0.25) is 0 Å². The lowest BCUT2D eigenvalue weighted by molar-refractivity contribution is -0.129. The van der Waals surface area contributed by atoms with Gasteiger partial charge in [0.1, 0.15) is 5.51 Å². The molecule has 1 aromatic rings. The molecule has 9 heteroatoms. The zero-order valence-electron chi connectivity index (χ0n) is 10.5. The summed E-state index contributed by atoms with van der Waals surface area (Å²) in [5.41, 5.74) is 1.62. The number of hydrogen-bond acceptors (Lipinski definition) is 7. The van der Waals surface area contributed by atoms with E-state index in [0.29, 0.717) is 13.0 Å². The van der Waals surface area contributed by atoms with Gasteiger partial charge in [-0.1, -0.05) is 23.1 Å². The van der Waals surface area contributed by atoms with Gasteiger partial charge in [-0.3, -0.25) is 4.79 Å². The lowest BCUT2D eigenvalue weighted by atomic mass is 10.2. The minimum Gasteiger partial charge on any atom is -0.338 e. The summed E-state index contributed by atoms with van der Waals surface area (Å²) < 4.78 is 23.7. The van der Waals surface area contributed by atoms with E-state index < -0.39 is 9.84 Å². The van der Waals surface area contributed by atoms with E-state index >= 15 is 0 Å². The summed E-state index contributed by atoms with van der Waals surface area (Å²) in [5.74, 6) is 0.519. The highest BCUT2D eigenvalue weighted by Gasteiger charge is 2.33. The highest BCUT2D eigenvalue weighted by Crippen LogP contribution is 2.22. The van der Waals surface area contributed by atoms with Crippen molar-refractivity contribution in [3.63, 3.8) is 0 Å². The van der Waals surface area contributed by atoms with Crippen molar-refractivity contribution in [2.45, 2.75) is 23.7 Å². The van der Waals surface area contributed by atoms with E-state index in [2.05, 4.69) is 10.2 Å². The van der Waals surface area contributed by atoms with Crippen LogP contribution in [0.3, 0.4) is 0 Å². The quantitative estimate of drug-likeness (QED) is 0.741. The largest absolute Gasteiger partial charge is 0.338 e. The topological polar surface area (TPSA) is 80.2 Å². The molecule has 1 aromatic heterocycles. The van der Waals surface area contributed by atoms with Crippen molar-refractivity contribution in [3.05, 3.63) is 5.51 Å². The van der Waals surface area contributed by atoms with Gasteiger partial charge in [0.2, 0.25) is 5.91 Å². The molecule has 0 N–H and O–H groups in total. The van der Waals surface area contributed by atoms with Crippen molar-refractivity contribution in [1.82, 2.24) is 15.1 Å². The smallest absolute Gasteiger partial charge is 0.233 e. The first kappa shape index (κ1) is 14.7. The maximum atomic E-state index is 12.1. The zero-order valence-corrected chi connectivity index (χ0v) is 12.9. The van der Waals surface area contributed by atoms with Crippen LogP contribution < -0.4 is 0 Å². The summed E-state index contributed by atoms with van der Waals surface area (Å²) >= 11 is 2.73. The van der Waals surface area contributed by atoms with Crippen LogP contribution in [0.4, 0.5) is 0 Å². The van der Waals surface area contributed by atoms with Gasteiger partial charge in [-0.25, -0.2) is 8.42 Å². The van der Waals surface area contributed by atoms with Gasteiger partial charge in [0, 0.05) is 12.6 Å². The molecule has 0 saturated carbocycles. The summed E-state index contributed by atoms with van der Waals surface area (Å²) in [6.07, 6.45) is 0.547. The Morgan fingerprint density at radius 1 is 1.63 bits per heavy atom. The SMILES string of the molecule is CCN(C(=O)CSc1nncs1)[C@H]1CCS(=O)(=O)C1. The summed E-state index contributed by atoms with van der Waals surface area (Å²) in [6.45, 7) is 2.41. The Morgan fingerprint density at radius 2 is 2.42 bits per heavy atom. The molecule has 1 aliphatic rings. The Bertz CT molecular complexity index is 529. The van der Waals surface area contributed by atoms with Crippen LogP contribution in [0.1, 0.15) is 13.3 Å². The number of hydrogen-bond donors (Lipinski definition) is 0. The van der Waals surface area contributed by atoms with Crippen LogP contribution in [0, 0.1) is 0 Å². The molecular formula is C10H15N3O3S3. The van der Waals surface area contributed by atoms with Gasteiger partial charge in [-0.15, -0.1) is 10.2 Å². The standard InChI is InChI=1S/C10H15N3O3S3/c1-2-13(8-3-4-19(15,16)6-8)9(14)5-17-10-12-11-7-18-10/h7-8H,2-6H2,1H3/t8-/m0/s1. The molecule has 0 spiro atoms. The third-order valence-electron chi connectivity index (χ3n) is 2.97. The molecule has 1 amide bonds. The van der Waals surface area contributed by atoms with Gasteiger partial charge < -0.3 is 4.90 Å². The molecule has 2 rings (SSSR count). The molecule has 0 aliphatic carbocycles. The molecule has 0 unspecified atom stereocenters. The number of thioether (sulfide) groups is 1. The van der Waals surface area contributed by atoms with Crippen molar-refractivity contribution in [2.75, 3.05) is 23.8 Å². The molecule has 6 nitrogen and oxygen atoms in total. The van der Waals surface area contributed by atoms with Gasteiger partial charge in [0.15, 0.2) is 14.2 Å². The number of aromatic nitrogens is 2. The maximum Gasteiger partial charge on any atom is 0.233 e. The van der Waals surface area contributed by atoms with Gasteiger partial charge >= 0.3 is 0 Å². The van der Waals surface area contributed by atoms with Gasteiger partial charge in [0.05, 0.1) is 17.3 Å². The highest BCUT2D eigenvalue weighted by atomic mass is 32.2. The highest BCUT2D eigenvalue weighted by molar-refractivity contribution is 8.01. The predicted octanol–water partition coefficient (Wildman–Crippen LogP) is 0.666. The predicted molar refractivity (Wildman–Crippen MR) is 75.1 cm³/mol. The number of sulfone groups is 1. The lowest BCUT2D eigenvalue weighted by Crippen LogP contribution is -2.41. The normalized spacial score (nSPS) is 21.4. The van der Waals surface area contributed by atoms with Gasteiger partial charge in [-0.2, -0.15) is 0 Å². The Hall–Kier alpha value is -0.670. The number of carbonyl (C=O) groups excluding carboxylic acids is 1. The Kier molecular flexibility index (Phi) is 4.80. The van der Waals surface area contributed by atoms with Crippen LogP contribution in [0.5, 0.6) is 0 Å². The second kappa shape index (κ2) is 6.19. The Labute approximate surface area is 120 Å². The van der Waals surface area contributed by atoms with E-state index in [-0.39, 0.29) is 29.2 Å². The minimum atomic E-state index is -2.96. The fraction of sp³-hybridized carbons (Fsp3) is 0.700. The second-order valence-electron chi connectivity index (χ2n) is 4.23. The van der Waals surface area contributed by atoms with Crippen molar-refractivity contribution in [1.29, 1.82) is 0 Å². The van der Waals surface area contributed by atoms with Crippen LogP contribution in [0.25, 0.3) is 0 Å². The molecule has 0 bridgehead atoms.